The normalized spacial score (nSPS) is 25.6. The first-order chi connectivity index (χ1) is 8.72. The molecule has 1 aromatic carbocycles. The minimum absolute atomic E-state index is 0. The Morgan fingerprint density at radius 1 is 1.26 bits per heavy atom. The van der Waals surface area contributed by atoms with Gasteiger partial charge in [-0.3, -0.25) is 4.79 Å². The molecular weight excluding hydrogens is 260 g/mol. The molecule has 104 valence electrons. The zero-order valence-electron chi connectivity index (χ0n) is 11.3. The molecule has 2 aliphatic rings. The van der Waals surface area contributed by atoms with Crippen molar-refractivity contribution in [1.82, 2.24) is 10.2 Å². The molecular formula is C15H21ClN2O. The zero-order chi connectivity index (χ0) is 12.5. The van der Waals surface area contributed by atoms with Crippen molar-refractivity contribution < 1.29 is 4.79 Å². The molecule has 2 fully saturated rings. The molecule has 2 aliphatic heterocycles. The molecule has 3 rings (SSSR count). The first-order valence-corrected chi connectivity index (χ1v) is 6.84. The van der Waals surface area contributed by atoms with Crippen molar-refractivity contribution >= 4 is 18.3 Å². The van der Waals surface area contributed by atoms with Crippen LogP contribution in [-0.2, 0) is 0 Å². The van der Waals surface area contributed by atoms with Crippen LogP contribution >= 0.6 is 12.4 Å². The maximum atomic E-state index is 12.5. The molecule has 0 radical (unpaired) electrons. The topological polar surface area (TPSA) is 32.3 Å². The number of carbonyl (C=O) groups excluding carboxylic acids is 1. The van der Waals surface area contributed by atoms with Crippen molar-refractivity contribution in [2.24, 2.45) is 0 Å². The molecule has 2 saturated heterocycles. The van der Waals surface area contributed by atoms with Gasteiger partial charge < -0.3 is 10.2 Å². The van der Waals surface area contributed by atoms with Crippen molar-refractivity contribution in [3.63, 3.8) is 0 Å². The molecule has 1 aromatic rings. The van der Waals surface area contributed by atoms with Crippen LogP contribution in [0.4, 0.5) is 0 Å². The molecule has 3 nitrogen and oxygen atoms in total. The Morgan fingerprint density at radius 3 is 2.84 bits per heavy atom. The number of hydrogen-bond acceptors (Lipinski definition) is 2. The molecule has 1 amide bonds. The lowest BCUT2D eigenvalue weighted by atomic mass is 10.1. The minimum atomic E-state index is 0. The Balaban J connectivity index is 0.00000133. The van der Waals surface area contributed by atoms with Gasteiger partial charge in [-0.15, -0.1) is 12.4 Å². The van der Waals surface area contributed by atoms with Crippen LogP contribution in [0.5, 0.6) is 0 Å². The number of likely N-dealkylation sites (tertiary alicyclic amines) is 1. The van der Waals surface area contributed by atoms with Crippen molar-refractivity contribution in [2.75, 3.05) is 13.1 Å². The highest BCUT2D eigenvalue weighted by atomic mass is 35.5. The maximum absolute atomic E-state index is 12.5. The van der Waals surface area contributed by atoms with Gasteiger partial charge in [0.15, 0.2) is 0 Å². The summed E-state index contributed by atoms with van der Waals surface area (Å²) in [4.78, 5) is 14.5. The van der Waals surface area contributed by atoms with E-state index >= 15 is 0 Å². The van der Waals surface area contributed by atoms with Crippen LogP contribution < -0.4 is 5.32 Å². The fourth-order valence-electron chi connectivity index (χ4n) is 3.09. The van der Waals surface area contributed by atoms with E-state index in [1.807, 2.05) is 36.1 Å². The van der Waals surface area contributed by atoms with Crippen LogP contribution in [0.2, 0.25) is 0 Å². The predicted octanol–water partition coefficient (Wildman–Crippen LogP) is 2.38. The number of halogens is 1. The molecule has 0 spiro atoms. The number of nitrogens with one attached hydrogen (secondary N) is 1. The smallest absolute Gasteiger partial charge is 0.253 e. The number of carbonyl (C=O) groups is 1. The second-order valence-electron chi connectivity index (χ2n) is 5.55. The van der Waals surface area contributed by atoms with Crippen LogP contribution in [-0.4, -0.2) is 36.0 Å². The first kappa shape index (κ1) is 14.4. The van der Waals surface area contributed by atoms with Crippen molar-refractivity contribution in [3.05, 3.63) is 35.4 Å². The molecule has 2 bridgehead atoms. The largest absolute Gasteiger partial charge is 0.337 e. The SMILES string of the molecule is Cc1cccc(C(=O)N2CCC3CCC(C2)N3)c1.Cl. The highest BCUT2D eigenvalue weighted by Gasteiger charge is 2.31. The summed E-state index contributed by atoms with van der Waals surface area (Å²) in [6.07, 6.45) is 3.58. The second-order valence-corrected chi connectivity index (χ2v) is 5.55. The van der Waals surface area contributed by atoms with E-state index in [1.165, 1.54) is 12.8 Å². The van der Waals surface area contributed by atoms with Crippen LogP contribution in [0, 0.1) is 6.92 Å². The van der Waals surface area contributed by atoms with Gasteiger partial charge in [0, 0.05) is 30.7 Å². The van der Waals surface area contributed by atoms with Crippen LogP contribution in [0.25, 0.3) is 0 Å². The number of nitrogens with zero attached hydrogens (tertiary/aromatic N) is 1. The number of amides is 1. The lowest BCUT2D eigenvalue weighted by molar-refractivity contribution is 0.0748. The van der Waals surface area contributed by atoms with E-state index in [4.69, 9.17) is 0 Å². The number of hydrogen-bond donors (Lipinski definition) is 1. The van der Waals surface area contributed by atoms with Gasteiger partial charge in [-0.2, -0.15) is 0 Å². The Morgan fingerprint density at radius 2 is 2.05 bits per heavy atom. The molecule has 2 unspecified atom stereocenters. The summed E-state index contributed by atoms with van der Waals surface area (Å²) in [5.41, 5.74) is 1.98. The summed E-state index contributed by atoms with van der Waals surface area (Å²) >= 11 is 0. The minimum Gasteiger partial charge on any atom is -0.337 e. The van der Waals surface area contributed by atoms with Crippen LogP contribution in [0.3, 0.4) is 0 Å². The van der Waals surface area contributed by atoms with Crippen molar-refractivity contribution in [1.29, 1.82) is 0 Å². The van der Waals surface area contributed by atoms with E-state index in [0.29, 0.717) is 12.1 Å². The van der Waals surface area contributed by atoms with Gasteiger partial charge in [0.25, 0.3) is 5.91 Å². The molecule has 0 saturated carbocycles. The van der Waals surface area contributed by atoms with Gasteiger partial charge >= 0.3 is 0 Å². The number of aryl methyl sites for hydroxylation is 1. The Labute approximate surface area is 120 Å². The van der Waals surface area contributed by atoms with Gasteiger partial charge in [0.2, 0.25) is 0 Å². The van der Waals surface area contributed by atoms with Crippen LogP contribution in [0.15, 0.2) is 24.3 Å². The van der Waals surface area contributed by atoms with E-state index in [2.05, 4.69) is 5.32 Å². The highest BCUT2D eigenvalue weighted by Crippen LogP contribution is 2.21. The number of fused-ring (bicyclic) bond motifs is 2. The lowest BCUT2D eigenvalue weighted by Crippen LogP contribution is -2.39. The Kier molecular flexibility index (Phi) is 4.48. The fourth-order valence-corrected chi connectivity index (χ4v) is 3.09. The lowest BCUT2D eigenvalue weighted by Gasteiger charge is -2.24. The third-order valence-corrected chi connectivity index (χ3v) is 4.08. The fraction of sp³-hybridized carbons (Fsp3) is 0.533. The summed E-state index contributed by atoms with van der Waals surface area (Å²) in [6, 6.07) is 9.04. The molecule has 2 heterocycles. The molecule has 1 N–H and O–H groups in total. The van der Waals surface area contributed by atoms with Gasteiger partial charge in [-0.25, -0.2) is 0 Å². The summed E-state index contributed by atoms with van der Waals surface area (Å²) in [5, 5.41) is 3.61. The summed E-state index contributed by atoms with van der Waals surface area (Å²) in [6.45, 7) is 3.78. The Hall–Kier alpha value is -1.06. The van der Waals surface area contributed by atoms with E-state index in [-0.39, 0.29) is 18.3 Å². The average Bonchev–Trinajstić information content (AvgIpc) is 2.68. The molecule has 19 heavy (non-hydrogen) atoms. The summed E-state index contributed by atoms with van der Waals surface area (Å²) < 4.78 is 0. The molecule has 0 aromatic heterocycles. The maximum Gasteiger partial charge on any atom is 0.253 e. The van der Waals surface area contributed by atoms with Gasteiger partial charge in [-0.05, 0) is 38.3 Å². The molecule has 4 heteroatoms. The third kappa shape index (κ3) is 3.10. The average molecular weight is 281 g/mol. The van der Waals surface area contributed by atoms with E-state index in [9.17, 15) is 4.79 Å². The van der Waals surface area contributed by atoms with Gasteiger partial charge in [0.05, 0.1) is 0 Å². The predicted molar refractivity (Wildman–Crippen MR) is 78.9 cm³/mol. The quantitative estimate of drug-likeness (QED) is 0.857. The third-order valence-electron chi connectivity index (χ3n) is 4.08. The second kappa shape index (κ2) is 5.93. The Bertz CT molecular complexity index is 463. The van der Waals surface area contributed by atoms with E-state index in [0.717, 1.165) is 30.6 Å². The number of benzene rings is 1. The van der Waals surface area contributed by atoms with E-state index in [1.54, 1.807) is 0 Å². The summed E-state index contributed by atoms with van der Waals surface area (Å²) in [5.74, 6) is 0.188. The van der Waals surface area contributed by atoms with E-state index < -0.39 is 0 Å². The molecule has 0 aliphatic carbocycles. The molecule has 2 atom stereocenters. The monoisotopic (exact) mass is 280 g/mol. The van der Waals surface area contributed by atoms with Crippen molar-refractivity contribution in [3.8, 4) is 0 Å². The number of rotatable bonds is 1. The highest BCUT2D eigenvalue weighted by molar-refractivity contribution is 5.94. The standard InChI is InChI=1S/C15H20N2O.ClH/c1-11-3-2-4-12(9-11)15(18)17-8-7-13-5-6-14(10-17)16-13;/h2-4,9,13-14,16H,5-8,10H2,1H3;1H. The van der Waals surface area contributed by atoms with Crippen LogP contribution in [0.1, 0.15) is 35.2 Å². The van der Waals surface area contributed by atoms with Gasteiger partial charge in [0.1, 0.15) is 0 Å². The zero-order valence-corrected chi connectivity index (χ0v) is 12.1. The van der Waals surface area contributed by atoms with Crippen molar-refractivity contribution in [2.45, 2.75) is 38.3 Å². The summed E-state index contributed by atoms with van der Waals surface area (Å²) in [7, 11) is 0. The van der Waals surface area contributed by atoms with Gasteiger partial charge in [-0.1, -0.05) is 17.7 Å². The first-order valence-electron chi connectivity index (χ1n) is 6.84.